The average Bonchev–Trinajstić information content (AvgIpc) is 2.62. The summed E-state index contributed by atoms with van der Waals surface area (Å²) in [4.78, 5) is 22.8. The standard InChI is InChI=1S/C18H19ClN2O5S/c1-12(18(19)23)21(16-6-4-5-7-17(16)26-3)27(24,25)15-10-8-14(9-11-15)20-13(2)22/h4-12H,1-3H3,(H,20,22). The summed E-state index contributed by atoms with van der Waals surface area (Å²) in [5.41, 5.74) is 0.638. The number of benzene rings is 2. The topological polar surface area (TPSA) is 92.8 Å². The molecule has 0 fully saturated rings. The Balaban J connectivity index is 2.57. The molecule has 0 radical (unpaired) electrons. The monoisotopic (exact) mass is 410 g/mol. The smallest absolute Gasteiger partial charge is 0.265 e. The highest BCUT2D eigenvalue weighted by Gasteiger charge is 2.34. The molecule has 7 nitrogen and oxygen atoms in total. The maximum atomic E-state index is 13.3. The molecule has 9 heteroatoms. The summed E-state index contributed by atoms with van der Waals surface area (Å²) < 4.78 is 32.7. The van der Waals surface area contributed by atoms with Gasteiger partial charge in [0.25, 0.3) is 10.0 Å². The van der Waals surface area contributed by atoms with Crippen LogP contribution in [0, 0.1) is 0 Å². The van der Waals surface area contributed by atoms with Gasteiger partial charge < -0.3 is 10.1 Å². The summed E-state index contributed by atoms with van der Waals surface area (Å²) in [6.07, 6.45) is 0. The Morgan fingerprint density at radius 3 is 2.22 bits per heavy atom. The van der Waals surface area contributed by atoms with Gasteiger partial charge in [0, 0.05) is 12.6 Å². The van der Waals surface area contributed by atoms with Crippen LogP contribution >= 0.6 is 11.6 Å². The van der Waals surface area contributed by atoms with E-state index >= 15 is 0 Å². The normalized spacial score (nSPS) is 12.1. The molecule has 1 unspecified atom stereocenters. The third kappa shape index (κ3) is 4.58. The molecule has 2 aromatic rings. The number of nitrogens with one attached hydrogen (secondary N) is 1. The van der Waals surface area contributed by atoms with Crippen LogP contribution in [0.25, 0.3) is 0 Å². The predicted octanol–water partition coefficient (Wildman–Crippen LogP) is 3.00. The number of sulfonamides is 1. The van der Waals surface area contributed by atoms with E-state index < -0.39 is 21.3 Å². The van der Waals surface area contributed by atoms with Crippen LogP contribution in [0.5, 0.6) is 5.75 Å². The van der Waals surface area contributed by atoms with Crippen molar-refractivity contribution in [3.8, 4) is 5.75 Å². The van der Waals surface area contributed by atoms with Gasteiger partial charge in [-0.2, -0.15) is 0 Å². The molecule has 0 aliphatic rings. The van der Waals surface area contributed by atoms with Crippen molar-refractivity contribution in [2.24, 2.45) is 0 Å². The number of hydrogen-bond donors (Lipinski definition) is 1. The number of halogens is 1. The summed E-state index contributed by atoms with van der Waals surface area (Å²) in [6, 6.07) is 10.9. The van der Waals surface area contributed by atoms with Gasteiger partial charge in [-0.15, -0.1) is 0 Å². The molecule has 0 saturated heterocycles. The van der Waals surface area contributed by atoms with E-state index in [1.807, 2.05) is 0 Å². The summed E-state index contributed by atoms with van der Waals surface area (Å²) in [7, 11) is -2.74. The molecular formula is C18H19ClN2O5S. The lowest BCUT2D eigenvalue weighted by Gasteiger charge is -2.29. The van der Waals surface area contributed by atoms with E-state index in [2.05, 4.69) is 5.32 Å². The molecule has 1 atom stereocenters. The minimum absolute atomic E-state index is 0.0627. The second kappa shape index (κ2) is 8.41. The fourth-order valence-electron chi connectivity index (χ4n) is 2.48. The van der Waals surface area contributed by atoms with Crippen molar-refractivity contribution >= 4 is 44.1 Å². The molecular weight excluding hydrogens is 392 g/mol. The lowest BCUT2D eigenvalue weighted by Crippen LogP contribution is -2.42. The van der Waals surface area contributed by atoms with Gasteiger partial charge in [0.2, 0.25) is 11.1 Å². The fourth-order valence-corrected chi connectivity index (χ4v) is 4.26. The Hall–Kier alpha value is -2.58. The number of amides is 1. The summed E-state index contributed by atoms with van der Waals surface area (Å²) >= 11 is 5.61. The Kier molecular flexibility index (Phi) is 6.45. The lowest BCUT2D eigenvalue weighted by atomic mass is 10.2. The zero-order valence-electron chi connectivity index (χ0n) is 15.0. The first kappa shape index (κ1) is 20.7. The van der Waals surface area contributed by atoms with Gasteiger partial charge in [-0.1, -0.05) is 12.1 Å². The third-order valence-corrected chi connectivity index (χ3v) is 5.95. The van der Waals surface area contributed by atoms with Gasteiger partial charge in [0.15, 0.2) is 0 Å². The Morgan fingerprint density at radius 2 is 1.70 bits per heavy atom. The SMILES string of the molecule is COc1ccccc1N(C(C)C(=O)Cl)S(=O)(=O)c1ccc(NC(C)=O)cc1. The molecule has 0 heterocycles. The number of ether oxygens (including phenoxy) is 1. The molecule has 1 amide bonds. The first-order valence-electron chi connectivity index (χ1n) is 7.93. The van der Waals surface area contributed by atoms with Crippen molar-refractivity contribution in [3.05, 3.63) is 48.5 Å². The van der Waals surface area contributed by atoms with E-state index in [4.69, 9.17) is 16.3 Å². The molecule has 0 aliphatic carbocycles. The number of carbonyl (C=O) groups excluding carboxylic acids is 2. The van der Waals surface area contributed by atoms with Crippen molar-refractivity contribution < 1.29 is 22.7 Å². The maximum Gasteiger partial charge on any atom is 0.265 e. The third-order valence-electron chi connectivity index (χ3n) is 3.73. The average molecular weight is 411 g/mol. The maximum absolute atomic E-state index is 13.3. The van der Waals surface area contributed by atoms with Crippen molar-refractivity contribution in [1.29, 1.82) is 0 Å². The van der Waals surface area contributed by atoms with E-state index in [1.165, 1.54) is 51.3 Å². The number of hydrogen-bond acceptors (Lipinski definition) is 5. The quantitative estimate of drug-likeness (QED) is 0.708. The van der Waals surface area contributed by atoms with Gasteiger partial charge >= 0.3 is 0 Å². The highest BCUT2D eigenvalue weighted by Crippen LogP contribution is 2.34. The number of rotatable bonds is 7. The molecule has 1 N–H and O–H groups in total. The first-order chi connectivity index (χ1) is 12.7. The summed E-state index contributed by atoms with van der Waals surface area (Å²) in [6.45, 7) is 2.74. The second-order valence-electron chi connectivity index (χ2n) is 5.66. The Morgan fingerprint density at radius 1 is 1.11 bits per heavy atom. The number of carbonyl (C=O) groups is 2. The largest absolute Gasteiger partial charge is 0.495 e. The zero-order chi connectivity index (χ0) is 20.2. The van der Waals surface area contributed by atoms with Crippen LogP contribution in [0.3, 0.4) is 0 Å². The molecule has 2 rings (SSSR count). The fraction of sp³-hybridized carbons (Fsp3) is 0.222. The predicted molar refractivity (Wildman–Crippen MR) is 104 cm³/mol. The van der Waals surface area contributed by atoms with Crippen LogP contribution in [-0.2, 0) is 19.6 Å². The van der Waals surface area contributed by atoms with Crippen molar-refractivity contribution in [1.82, 2.24) is 0 Å². The highest BCUT2D eigenvalue weighted by molar-refractivity contribution is 7.93. The molecule has 2 aromatic carbocycles. The molecule has 27 heavy (non-hydrogen) atoms. The molecule has 0 spiro atoms. The second-order valence-corrected chi connectivity index (χ2v) is 7.85. The van der Waals surface area contributed by atoms with Gasteiger partial charge in [-0.3, -0.25) is 13.9 Å². The summed E-state index contributed by atoms with van der Waals surface area (Å²) in [5.74, 6) is 0.00308. The molecule has 0 bridgehead atoms. The van der Waals surface area contributed by atoms with Gasteiger partial charge in [0.05, 0.1) is 17.7 Å². The number of methoxy groups -OCH3 is 1. The van der Waals surface area contributed by atoms with Gasteiger partial charge in [-0.25, -0.2) is 8.42 Å². The molecule has 0 aromatic heterocycles. The Bertz CT molecular complexity index is 944. The highest BCUT2D eigenvalue weighted by atomic mass is 35.5. The van der Waals surface area contributed by atoms with E-state index in [9.17, 15) is 18.0 Å². The van der Waals surface area contributed by atoms with E-state index in [0.29, 0.717) is 5.69 Å². The number of anilines is 2. The van der Waals surface area contributed by atoms with Crippen molar-refractivity contribution in [3.63, 3.8) is 0 Å². The lowest BCUT2D eigenvalue weighted by molar-refractivity contribution is -0.114. The van der Waals surface area contributed by atoms with Crippen molar-refractivity contribution in [2.45, 2.75) is 24.8 Å². The Labute approximate surface area is 162 Å². The van der Waals surface area contributed by atoms with Gasteiger partial charge in [0.1, 0.15) is 11.8 Å². The van der Waals surface area contributed by atoms with E-state index in [-0.39, 0.29) is 22.2 Å². The zero-order valence-corrected chi connectivity index (χ0v) is 16.5. The van der Waals surface area contributed by atoms with E-state index in [1.54, 1.807) is 18.2 Å². The van der Waals surface area contributed by atoms with Crippen LogP contribution in [0.4, 0.5) is 11.4 Å². The number of para-hydroxylation sites is 2. The van der Waals surface area contributed by atoms with Gasteiger partial charge in [-0.05, 0) is 54.9 Å². The minimum Gasteiger partial charge on any atom is -0.495 e. The summed E-state index contributed by atoms with van der Waals surface area (Å²) in [5, 5.41) is 1.73. The number of nitrogens with zero attached hydrogens (tertiary/aromatic N) is 1. The molecule has 0 saturated carbocycles. The van der Waals surface area contributed by atoms with Crippen molar-refractivity contribution in [2.75, 3.05) is 16.7 Å². The minimum atomic E-state index is -4.14. The van der Waals surface area contributed by atoms with Crippen LogP contribution in [0.1, 0.15) is 13.8 Å². The molecule has 144 valence electrons. The van der Waals surface area contributed by atoms with E-state index in [0.717, 1.165) is 4.31 Å². The van der Waals surface area contributed by atoms with Crippen LogP contribution in [0.15, 0.2) is 53.4 Å². The van der Waals surface area contributed by atoms with Crippen LogP contribution < -0.4 is 14.4 Å². The van der Waals surface area contributed by atoms with Crippen LogP contribution in [-0.4, -0.2) is 32.7 Å². The first-order valence-corrected chi connectivity index (χ1v) is 9.74. The van der Waals surface area contributed by atoms with Crippen LogP contribution in [0.2, 0.25) is 0 Å². The molecule has 0 aliphatic heterocycles.